The molecular weight excluding hydrogens is 400 g/mol. The first-order valence-electron chi connectivity index (χ1n) is 13.2. The molecule has 0 aromatic carbocycles. The number of hydrogen-bond acceptors (Lipinski definition) is 2. The number of hydrogen-bond donors (Lipinski definition) is 2. The molecule has 7 aliphatic carbocycles. The van der Waals surface area contributed by atoms with Crippen LogP contribution in [-0.2, 0) is 9.59 Å². The number of rotatable bonds is 3. The second-order valence-electron chi connectivity index (χ2n) is 13.4. The van der Waals surface area contributed by atoms with Gasteiger partial charge in [-0.1, -0.05) is 38.8 Å². The molecule has 5 saturated carbocycles. The van der Waals surface area contributed by atoms with Crippen molar-refractivity contribution in [1.29, 1.82) is 0 Å². The summed E-state index contributed by atoms with van der Waals surface area (Å²) in [4.78, 5) is 24.5. The average Bonchev–Trinajstić information content (AvgIpc) is 3.34. The Morgan fingerprint density at radius 3 is 2.44 bits per heavy atom. The molecule has 0 aromatic heterocycles. The molecule has 0 radical (unpaired) electrons. The molecule has 2 N–H and O–H groups in total. The van der Waals surface area contributed by atoms with Crippen molar-refractivity contribution < 1.29 is 19.8 Å². The predicted octanol–water partition coefficient (Wildman–Crippen LogP) is 5.87. The van der Waals surface area contributed by atoms with Crippen molar-refractivity contribution >= 4 is 11.9 Å². The highest BCUT2D eigenvalue weighted by Gasteiger charge is 2.73. The number of allylic oxidation sites excluding steroid dienone is 2. The molecule has 0 aliphatic heterocycles. The van der Waals surface area contributed by atoms with Crippen LogP contribution in [-0.4, -0.2) is 22.2 Å². The Labute approximate surface area is 192 Å². The number of aliphatic carboxylic acids is 2. The lowest BCUT2D eigenvalue weighted by molar-refractivity contribution is -0.204. The van der Waals surface area contributed by atoms with E-state index in [1.165, 1.54) is 6.42 Å². The summed E-state index contributed by atoms with van der Waals surface area (Å²) in [5.41, 5.74) is 1.26. The summed E-state index contributed by atoms with van der Waals surface area (Å²) in [6.45, 7) is 9.13. The van der Waals surface area contributed by atoms with E-state index in [9.17, 15) is 19.8 Å². The molecule has 32 heavy (non-hydrogen) atoms. The molecule has 0 amide bonds. The van der Waals surface area contributed by atoms with Crippen molar-refractivity contribution in [3.63, 3.8) is 0 Å². The Morgan fingerprint density at radius 1 is 1.03 bits per heavy atom. The Hall–Kier alpha value is -1.32. The molecule has 11 unspecified atom stereocenters. The monoisotopic (exact) mass is 440 g/mol. The third kappa shape index (κ3) is 2.30. The van der Waals surface area contributed by atoms with Gasteiger partial charge in [-0.05, 0) is 110 Å². The van der Waals surface area contributed by atoms with Gasteiger partial charge in [-0.3, -0.25) is 9.59 Å². The van der Waals surface area contributed by atoms with Crippen LogP contribution in [0.1, 0.15) is 79.1 Å². The summed E-state index contributed by atoms with van der Waals surface area (Å²) in [7, 11) is 0. The third-order valence-electron chi connectivity index (χ3n) is 12.3. The number of carboxylic acid groups (broad SMARTS) is 2. The van der Waals surface area contributed by atoms with E-state index < -0.39 is 17.4 Å². The zero-order valence-corrected chi connectivity index (χ0v) is 20.1. The van der Waals surface area contributed by atoms with Crippen molar-refractivity contribution in [3.05, 3.63) is 11.6 Å². The van der Waals surface area contributed by atoms with E-state index in [4.69, 9.17) is 0 Å². The van der Waals surface area contributed by atoms with E-state index in [1.807, 2.05) is 6.92 Å². The summed E-state index contributed by atoms with van der Waals surface area (Å²) >= 11 is 0. The van der Waals surface area contributed by atoms with Gasteiger partial charge in [-0.25, -0.2) is 0 Å². The summed E-state index contributed by atoms with van der Waals surface area (Å²) in [5.74, 6) is 2.63. The summed E-state index contributed by atoms with van der Waals surface area (Å²) < 4.78 is 0. The topological polar surface area (TPSA) is 74.6 Å². The summed E-state index contributed by atoms with van der Waals surface area (Å²) in [6.07, 6.45) is 11.0. The first-order chi connectivity index (χ1) is 15.0. The van der Waals surface area contributed by atoms with E-state index in [1.54, 1.807) is 5.57 Å². The predicted molar refractivity (Wildman–Crippen MR) is 122 cm³/mol. The largest absolute Gasteiger partial charge is 0.481 e. The highest BCUT2D eigenvalue weighted by atomic mass is 16.4. The highest BCUT2D eigenvalue weighted by molar-refractivity contribution is 5.75. The molecule has 7 aliphatic rings. The molecule has 0 heterocycles. The molecule has 1 spiro atoms. The van der Waals surface area contributed by atoms with Gasteiger partial charge in [-0.2, -0.15) is 0 Å². The molecular formula is C28H40O4. The second kappa shape index (κ2) is 6.42. The smallest absolute Gasteiger partial charge is 0.309 e. The third-order valence-corrected chi connectivity index (χ3v) is 12.3. The first-order valence-corrected chi connectivity index (χ1v) is 13.2. The maximum Gasteiger partial charge on any atom is 0.309 e. The van der Waals surface area contributed by atoms with Crippen LogP contribution in [0.15, 0.2) is 11.6 Å². The fraction of sp³-hybridized carbons (Fsp3) is 0.857. The van der Waals surface area contributed by atoms with Gasteiger partial charge in [-0.15, -0.1) is 0 Å². The number of carbonyl (C=O) groups is 2. The lowest BCUT2D eigenvalue weighted by Gasteiger charge is -2.71. The first kappa shape index (κ1) is 21.2. The minimum atomic E-state index is -0.599. The van der Waals surface area contributed by atoms with Gasteiger partial charge in [0, 0.05) is 0 Å². The fourth-order valence-corrected chi connectivity index (χ4v) is 11.4. The van der Waals surface area contributed by atoms with Gasteiger partial charge in [0.25, 0.3) is 0 Å². The van der Waals surface area contributed by atoms with Crippen LogP contribution >= 0.6 is 0 Å². The van der Waals surface area contributed by atoms with Gasteiger partial charge in [0.05, 0.1) is 11.3 Å². The highest BCUT2D eigenvalue weighted by Crippen LogP contribution is 2.78. The average molecular weight is 441 g/mol. The fourth-order valence-electron chi connectivity index (χ4n) is 11.4. The van der Waals surface area contributed by atoms with E-state index in [0.717, 1.165) is 44.9 Å². The van der Waals surface area contributed by atoms with Crippen LogP contribution in [0.5, 0.6) is 0 Å². The molecule has 5 fully saturated rings. The molecule has 0 saturated heterocycles. The zero-order valence-electron chi connectivity index (χ0n) is 20.1. The molecule has 11 atom stereocenters. The van der Waals surface area contributed by atoms with Crippen LogP contribution in [0.4, 0.5) is 0 Å². The van der Waals surface area contributed by atoms with Crippen molar-refractivity contribution in [2.75, 3.05) is 0 Å². The van der Waals surface area contributed by atoms with Crippen molar-refractivity contribution in [2.45, 2.75) is 79.1 Å². The van der Waals surface area contributed by atoms with E-state index in [-0.39, 0.29) is 22.7 Å². The normalized spacial score (nSPS) is 55.2. The number of carboxylic acids is 2. The van der Waals surface area contributed by atoms with Gasteiger partial charge in [0.15, 0.2) is 0 Å². The summed E-state index contributed by atoms with van der Waals surface area (Å²) in [5, 5.41) is 20.2. The van der Waals surface area contributed by atoms with Crippen LogP contribution in [0.25, 0.3) is 0 Å². The van der Waals surface area contributed by atoms with Crippen LogP contribution < -0.4 is 0 Å². The van der Waals surface area contributed by atoms with Crippen LogP contribution in [0.2, 0.25) is 0 Å². The Bertz CT molecular complexity index is 905. The molecule has 7 rings (SSSR count). The maximum absolute atomic E-state index is 12.5. The molecule has 0 aromatic rings. The molecule has 4 nitrogen and oxygen atoms in total. The lowest BCUT2D eigenvalue weighted by Crippen LogP contribution is -2.65. The Morgan fingerprint density at radius 2 is 1.78 bits per heavy atom. The Kier molecular flexibility index (Phi) is 4.26. The van der Waals surface area contributed by atoms with Crippen molar-refractivity contribution in [3.8, 4) is 0 Å². The van der Waals surface area contributed by atoms with E-state index >= 15 is 0 Å². The van der Waals surface area contributed by atoms with Crippen LogP contribution in [0, 0.1) is 69.5 Å². The van der Waals surface area contributed by atoms with Crippen LogP contribution in [0.3, 0.4) is 0 Å². The second-order valence-corrected chi connectivity index (χ2v) is 13.4. The van der Waals surface area contributed by atoms with Gasteiger partial charge in [0.1, 0.15) is 0 Å². The van der Waals surface area contributed by atoms with Crippen molar-refractivity contribution in [2.24, 2.45) is 69.5 Å². The lowest BCUT2D eigenvalue weighted by atomic mass is 9.33. The van der Waals surface area contributed by atoms with Gasteiger partial charge in [0.2, 0.25) is 0 Å². The zero-order chi connectivity index (χ0) is 22.8. The number of fused-ring (bicyclic) bond motifs is 3. The van der Waals surface area contributed by atoms with Gasteiger partial charge >= 0.3 is 11.9 Å². The van der Waals surface area contributed by atoms with Gasteiger partial charge < -0.3 is 10.2 Å². The molecule has 176 valence electrons. The van der Waals surface area contributed by atoms with E-state index in [0.29, 0.717) is 41.4 Å². The molecule has 4 heteroatoms. The quantitative estimate of drug-likeness (QED) is 0.538. The SMILES string of the molecule is CC(C)C1=CC23CCC4C(C)(C(=O)O)CCCC4(C)C2CC1C1C2CC(CC2C(=O)O)C13. The standard InChI is InChI=1S/C28H40O4/c1-14(2)19-13-28-9-6-20-26(3,7-5-8-27(20,4)25(31)32)21(28)12-17(19)22-16-10-15(23(22)28)11-18(16)24(29)30/h13-18,20-23H,5-12H2,1-4H3,(H,29,30)(H,31,32). The Balaban J connectivity index is 1.47. The maximum atomic E-state index is 12.5. The summed E-state index contributed by atoms with van der Waals surface area (Å²) in [6, 6.07) is 0. The van der Waals surface area contributed by atoms with E-state index in [2.05, 4.69) is 26.8 Å². The minimum Gasteiger partial charge on any atom is -0.481 e. The minimum absolute atomic E-state index is 0.0832. The van der Waals surface area contributed by atoms with Crippen molar-refractivity contribution in [1.82, 2.24) is 0 Å². The molecule has 4 bridgehead atoms.